The summed E-state index contributed by atoms with van der Waals surface area (Å²) in [5.74, 6) is 0.468. The molecule has 0 spiro atoms. The van der Waals surface area contributed by atoms with Gasteiger partial charge >= 0.3 is 5.97 Å². The normalized spacial score (nSPS) is 15.5. The van der Waals surface area contributed by atoms with E-state index >= 15 is 0 Å². The first kappa shape index (κ1) is 20.4. The van der Waals surface area contributed by atoms with Crippen LogP contribution in [0.15, 0.2) is 0 Å². The molecule has 0 aliphatic rings. The van der Waals surface area contributed by atoms with Crippen LogP contribution in [-0.2, 0) is 14.3 Å². The average Bonchev–Trinajstić information content (AvgIpc) is 2.48. The molecule has 0 aliphatic carbocycles. The highest BCUT2D eigenvalue weighted by Crippen LogP contribution is 2.16. The lowest BCUT2D eigenvalue weighted by molar-refractivity contribution is -0.148. The van der Waals surface area contributed by atoms with Crippen molar-refractivity contribution in [1.29, 1.82) is 0 Å². The number of carbonyl (C=O) groups is 1. The molecule has 0 fully saturated rings. The molecule has 2 unspecified atom stereocenters. The van der Waals surface area contributed by atoms with Gasteiger partial charge in [-0.2, -0.15) is 0 Å². The number of methoxy groups -OCH3 is 1. The van der Waals surface area contributed by atoms with Crippen LogP contribution in [0.3, 0.4) is 0 Å². The monoisotopic (exact) mass is 301 g/mol. The van der Waals surface area contributed by atoms with Gasteiger partial charge in [0.15, 0.2) is 0 Å². The third kappa shape index (κ3) is 9.10. The topological polar surface area (TPSA) is 47.6 Å². The van der Waals surface area contributed by atoms with Gasteiger partial charge in [-0.15, -0.1) is 0 Å². The van der Waals surface area contributed by atoms with Gasteiger partial charge in [0.1, 0.15) is 5.54 Å². The maximum Gasteiger partial charge on any atom is 0.325 e. The highest BCUT2D eigenvalue weighted by Gasteiger charge is 2.32. The van der Waals surface area contributed by atoms with Gasteiger partial charge in [-0.1, -0.05) is 27.2 Å². The minimum Gasteiger partial charge on any atom is -0.468 e. The molecule has 0 bridgehead atoms. The Bertz CT molecular complexity index is 271. The lowest BCUT2D eigenvalue weighted by Crippen LogP contribution is -2.50. The second-order valence-electron chi connectivity index (χ2n) is 6.18. The Morgan fingerprint density at radius 3 is 2.52 bits per heavy atom. The Morgan fingerprint density at radius 1 is 1.24 bits per heavy atom. The van der Waals surface area contributed by atoms with Crippen LogP contribution in [0, 0.1) is 5.92 Å². The predicted molar refractivity (Wildman–Crippen MR) is 87.5 cm³/mol. The van der Waals surface area contributed by atoms with Crippen molar-refractivity contribution in [3.63, 3.8) is 0 Å². The SMILES string of the molecule is CCCNC(C)(CCCCOCC(C)CCC)C(=O)OC. The molecule has 0 heterocycles. The van der Waals surface area contributed by atoms with Crippen molar-refractivity contribution in [1.82, 2.24) is 5.32 Å². The van der Waals surface area contributed by atoms with Crippen LogP contribution < -0.4 is 5.32 Å². The molecule has 21 heavy (non-hydrogen) atoms. The van der Waals surface area contributed by atoms with Crippen molar-refractivity contribution in [2.75, 3.05) is 26.9 Å². The van der Waals surface area contributed by atoms with Crippen molar-refractivity contribution < 1.29 is 14.3 Å². The molecule has 126 valence electrons. The summed E-state index contributed by atoms with van der Waals surface area (Å²) in [7, 11) is 1.45. The molecule has 4 nitrogen and oxygen atoms in total. The number of hydrogen-bond acceptors (Lipinski definition) is 4. The molecular formula is C17H35NO3. The zero-order valence-electron chi connectivity index (χ0n) is 14.7. The Morgan fingerprint density at radius 2 is 1.95 bits per heavy atom. The minimum absolute atomic E-state index is 0.173. The Labute approximate surface area is 131 Å². The number of hydrogen-bond donors (Lipinski definition) is 1. The largest absolute Gasteiger partial charge is 0.468 e. The zero-order chi connectivity index (χ0) is 16.1. The van der Waals surface area contributed by atoms with Crippen LogP contribution in [0.1, 0.15) is 66.2 Å². The first-order valence-electron chi connectivity index (χ1n) is 8.41. The van der Waals surface area contributed by atoms with Gasteiger partial charge in [-0.25, -0.2) is 0 Å². The van der Waals surface area contributed by atoms with Gasteiger partial charge in [0.25, 0.3) is 0 Å². The molecule has 0 saturated heterocycles. The Kier molecular flexibility index (Phi) is 11.6. The Hall–Kier alpha value is -0.610. The molecule has 0 aromatic carbocycles. The van der Waals surface area contributed by atoms with E-state index in [2.05, 4.69) is 26.1 Å². The van der Waals surface area contributed by atoms with E-state index in [1.165, 1.54) is 20.0 Å². The van der Waals surface area contributed by atoms with E-state index in [-0.39, 0.29) is 5.97 Å². The summed E-state index contributed by atoms with van der Waals surface area (Å²) in [5, 5.41) is 3.31. The number of rotatable bonds is 13. The fourth-order valence-corrected chi connectivity index (χ4v) is 2.43. The van der Waals surface area contributed by atoms with Gasteiger partial charge < -0.3 is 14.8 Å². The number of carbonyl (C=O) groups excluding carboxylic acids is 1. The van der Waals surface area contributed by atoms with Crippen molar-refractivity contribution >= 4 is 5.97 Å². The lowest BCUT2D eigenvalue weighted by Gasteiger charge is -2.28. The highest BCUT2D eigenvalue weighted by molar-refractivity contribution is 5.80. The van der Waals surface area contributed by atoms with Crippen LogP contribution in [0.25, 0.3) is 0 Å². The molecule has 0 amide bonds. The van der Waals surface area contributed by atoms with E-state index in [1.54, 1.807) is 0 Å². The fourth-order valence-electron chi connectivity index (χ4n) is 2.43. The molecule has 1 N–H and O–H groups in total. The summed E-state index contributed by atoms with van der Waals surface area (Å²) < 4.78 is 10.6. The third-order valence-electron chi connectivity index (χ3n) is 3.80. The van der Waals surface area contributed by atoms with Crippen LogP contribution in [0.4, 0.5) is 0 Å². The summed E-state index contributed by atoms with van der Waals surface area (Å²) >= 11 is 0. The Balaban J connectivity index is 3.90. The molecule has 0 saturated carbocycles. The van der Waals surface area contributed by atoms with Gasteiger partial charge in [0.05, 0.1) is 7.11 Å². The first-order chi connectivity index (χ1) is 10.00. The third-order valence-corrected chi connectivity index (χ3v) is 3.80. The molecule has 0 aliphatic heterocycles. The standard InChI is InChI=1S/C17H35NO3/c1-6-10-15(3)14-21-13-9-8-11-17(4,16(19)20-5)18-12-7-2/h15,18H,6-14H2,1-5H3. The minimum atomic E-state index is -0.569. The molecule has 0 rings (SSSR count). The van der Waals surface area contributed by atoms with Gasteiger partial charge in [0, 0.05) is 13.2 Å². The van der Waals surface area contributed by atoms with E-state index < -0.39 is 5.54 Å². The number of nitrogens with one attached hydrogen (secondary N) is 1. The van der Waals surface area contributed by atoms with Crippen LogP contribution in [0.5, 0.6) is 0 Å². The van der Waals surface area contributed by atoms with Crippen LogP contribution in [0.2, 0.25) is 0 Å². The van der Waals surface area contributed by atoms with Gasteiger partial charge in [-0.3, -0.25) is 4.79 Å². The second kappa shape index (κ2) is 12.0. The van der Waals surface area contributed by atoms with Gasteiger partial charge in [-0.05, 0) is 51.5 Å². The van der Waals surface area contributed by atoms with E-state index in [0.29, 0.717) is 5.92 Å². The quantitative estimate of drug-likeness (QED) is 0.417. The summed E-state index contributed by atoms with van der Waals surface area (Å²) in [4.78, 5) is 11.9. The number of esters is 1. The molecular weight excluding hydrogens is 266 g/mol. The van der Waals surface area contributed by atoms with Crippen molar-refractivity contribution in [3.8, 4) is 0 Å². The zero-order valence-corrected chi connectivity index (χ0v) is 14.7. The van der Waals surface area contributed by atoms with E-state index in [0.717, 1.165) is 45.4 Å². The summed E-state index contributed by atoms with van der Waals surface area (Å²) in [6.45, 7) is 10.9. The molecule has 0 aromatic rings. The first-order valence-corrected chi connectivity index (χ1v) is 8.41. The molecule has 0 aromatic heterocycles. The van der Waals surface area contributed by atoms with Crippen molar-refractivity contribution in [2.45, 2.75) is 71.8 Å². The van der Waals surface area contributed by atoms with Crippen LogP contribution in [-0.4, -0.2) is 38.4 Å². The highest BCUT2D eigenvalue weighted by atomic mass is 16.5. The molecule has 4 heteroatoms. The van der Waals surface area contributed by atoms with Gasteiger partial charge in [0.2, 0.25) is 0 Å². The summed E-state index contributed by atoms with van der Waals surface area (Å²) in [5.41, 5.74) is -0.569. The van der Waals surface area contributed by atoms with Crippen molar-refractivity contribution in [2.24, 2.45) is 5.92 Å². The number of ether oxygens (including phenoxy) is 2. The lowest BCUT2D eigenvalue weighted by atomic mass is 9.94. The second-order valence-corrected chi connectivity index (χ2v) is 6.18. The maximum absolute atomic E-state index is 11.9. The van der Waals surface area contributed by atoms with E-state index in [4.69, 9.17) is 9.47 Å². The predicted octanol–water partition coefficient (Wildman–Crippen LogP) is 3.54. The molecule has 2 atom stereocenters. The van der Waals surface area contributed by atoms with Crippen LogP contribution >= 0.6 is 0 Å². The summed E-state index contributed by atoms with van der Waals surface area (Å²) in [6.07, 6.45) is 6.18. The molecule has 0 radical (unpaired) electrons. The average molecular weight is 301 g/mol. The van der Waals surface area contributed by atoms with E-state index in [9.17, 15) is 4.79 Å². The smallest absolute Gasteiger partial charge is 0.325 e. The summed E-state index contributed by atoms with van der Waals surface area (Å²) in [6, 6.07) is 0. The number of unbranched alkanes of at least 4 members (excludes halogenated alkanes) is 1. The fraction of sp³-hybridized carbons (Fsp3) is 0.941. The van der Waals surface area contributed by atoms with Crippen molar-refractivity contribution in [3.05, 3.63) is 0 Å². The maximum atomic E-state index is 11.9. The van der Waals surface area contributed by atoms with E-state index in [1.807, 2.05) is 6.92 Å².